The Bertz CT molecular complexity index is 2060. The van der Waals surface area contributed by atoms with Crippen molar-refractivity contribution in [1.82, 2.24) is 4.90 Å². The van der Waals surface area contributed by atoms with Crippen LogP contribution in [0.1, 0.15) is 132 Å². The van der Waals surface area contributed by atoms with Gasteiger partial charge in [-0.05, 0) is 115 Å². The van der Waals surface area contributed by atoms with Crippen LogP contribution in [0.25, 0.3) is 0 Å². The van der Waals surface area contributed by atoms with Crippen molar-refractivity contribution in [3.8, 4) is 0 Å². The lowest BCUT2D eigenvalue weighted by atomic mass is 9.78. The molecular weight excluding hydrogens is 959 g/mol. The van der Waals surface area contributed by atoms with Crippen molar-refractivity contribution in [2.24, 2.45) is 35.0 Å². The van der Waals surface area contributed by atoms with E-state index in [2.05, 4.69) is 0 Å². The second kappa shape index (κ2) is 27.9. The Morgan fingerprint density at radius 2 is 1.58 bits per heavy atom. The number of carbonyl (C=O) groups excluding carboxylic acids is 6. The molecule has 4 rings (SSSR count). The van der Waals surface area contributed by atoms with Crippen molar-refractivity contribution in [3.05, 3.63) is 47.6 Å². The lowest BCUT2D eigenvalue weighted by Gasteiger charge is -2.42. The van der Waals surface area contributed by atoms with Crippen molar-refractivity contribution in [2.75, 3.05) is 41.1 Å². The first-order valence-corrected chi connectivity index (χ1v) is 26.5. The first kappa shape index (κ1) is 62.6. The minimum Gasteiger partial charge on any atom is -0.460 e. The van der Waals surface area contributed by atoms with Gasteiger partial charge in [0.1, 0.15) is 29.8 Å². The van der Waals surface area contributed by atoms with E-state index in [0.29, 0.717) is 51.4 Å². The molecule has 15 atom stereocenters. The van der Waals surface area contributed by atoms with Gasteiger partial charge in [-0.1, -0.05) is 64.2 Å². The maximum Gasteiger partial charge on any atom is 0.329 e. The molecule has 5 N–H and O–H groups in total. The number of cyclic esters (lactones) is 1. The van der Waals surface area contributed by atoms with E-state index in [1.807, 2.05) is 19.9 Å². The SMILES string of the molecule is CO[C@H]1CC2CC[C@@H](C)[C@@](O)(O2)C(=O)C(=O)N2CCCC[C@H]2C(=O)O[C@H]([C@H](C)CC2CC[C@@H](OC(=O)C(C)(CO)CO)[C@H](OC)C2)CC(=O)C(C)=CC(C)[C@@H](O)[C@@H](OC)C(=O)[C@H](C)C[C@@](C)(O)C=CC=CC=C1C. The molecule has 3 unspecified atom stereocenters. The maximum atomic E-state index is 14.5. The zero-order valence-electron chi connectivity index (χ0n) is 45.7. The number of methoxy groups -OCH3 is 3. The monoisotopic (exact) mass is 1050 g/mol. The third kappa shape index (κ3) is 16.0. The number of hydrogen-bond donors (Lipinski definition) is 5. The van der Waals surface area contributed by atoms with Crippen molar-refractivity contribution in [1.29, 1.82) is 0 Å². The van der Waals surface area contributed by atoms with Gasteiger partial charge in [0, 0.05) is 58.5 Å². The smallest absolute Gasteiger partial charge is 0.329 e. The van der Waals surface area contributed by atoms with Gasteiger partial charge in [-0.3, -0.25) is 24.0 Å². The molecule has 0 spiro atoms. The van der Waals surface area contributed by atoms with Crippen LogP contribution in [0.5, 0.6) is 0 Å². The molecule has 3 fully saturated rings. The molecule has 2 saturated heterocycles. The normalized spacial score (nSPS) is 35.8. The predicted molar refractivity (Wildman–Crippen MR) is 273 cm³/mol. The highest BCUT2D eigenvalue weighted by Gasteiger charge is 2.53. The molecule has 4 aliphatic rings. The third-order valence-electron chi connectivity index (χ3n) is 15.9. The van der Waals surface area contributed by atoms with E-state index in [9.17, 15) is 54.3 Å². The number of aliphatic hydroxyl groups is 5. The fraction of sp³-hybridized carbons (Fsp3) is 0.750. The summed E-state index contributed by atoms with van der Waals surface area (Å²) in [5.74, 6) is -10.0. The molecule has 0 aromatic carbocycles. The van der Waals surface area contributed by atoms with Crippen molar-refractivity contribution in [2.45, 2.75) is 193 Å². The van der Waals surface area contributed by atoms with Gasteiger partial charge in [-0.15, -0.1) is 0 Å². The number of hydrogen-bond acceptors (Lipinski definition) is 17. The largest absolute Gasteiger partial charge is 0.460 e. The summed E-state index contributed by atoms with van der Waals surface area (Å²) in [4.78, 5) is 85.4. The lowest BCUT2D eigenvalue weighted by molar-refractivity contribution is -0.265. The van der Waals surface area contributed by atoms with E-state index in [1.165, 1.54) is 34.3 Å². The molecule has 2 bridgehead atoms. The molecule has 18 nitrogen and oxygen atoms in total. The molecule has 0 radical (unpaired) electrons. The van der Waals surface area contributed by atoms with Crippen LogP contribution in [0.4, 0.5) is 0 Å². The molecule has 0 aromatic heterocycles. The summed E-state index contributed by atoms with van der Waals surface area (Å²) in [6.45, 7) is 12.0. The Hall–Kier alpha value is -3.98. The number of ether oxygens (including phenoxy) is 6. The number of aliphatic hydroxyl groups excluding tert-OH is 3. The van der Waals surface area contributed by atoms with E-state index in [1.54, 1.807) is 58.9 Å². The summed E-state index contributed by atoms with van der Waals surface area (Å²) in [5, 5.41) is 54.4. The van der Waals surface area contributed by atoms with Crippen LogP contribution in [0.15, 0.2) is 47.6 Å². The minimum atomic E-state index is -2.50. The van der Waals surface area contributed by atoms with Crippen LogP contribution < -0.4 is 0 Å². The second-order valence-electron chi connectivity index (χ2n) is 22.2. The van der Waals surface area contributed by atoms with Crippen LogP contribution >= 0.6 is 0 Å². The van der Waals surface area contributed by atoms with E-state index in [4.69, 9.17) is 28.4 Å². The number of ketones is 3. The molecule has 418 valence electrons. The summed E-state index contributed by atoms with van der Waals surface area (Å²) in [7, 11) is 4.33. The molecule has 74 heavy (non-hydrogen) atoms. The Labute approximate surface area is 437 Å². The van der Waals surface area contributed by atoms with Crippen LogP contribution in [0.2, 0.25) is 0 Å². The van der Waals surface area contributed by atoms with Crippen LogP contribution in [0, 0.1) is 35.0 Å². The summed E-state index contributed by atoms with van der Waals surface area (Å²) in [5.41, 5.74) is -1.90. The number of piperidine rings is 1. The summed E-state index contributed by atoms with van der Waals surface area (Å²) in [6.07, 6.45) is 7.67. The zero-order valence-corrected chi connectivity index (χ0v) is 45.7. The summed E-state index contributed by atoms with van der Waals surface area (Å²) in [6, 6.07) is -1.22. The number of nitrogens with zero attached hydrogens (tertiary/aromatic N) is 1. The fourth-order valence-electron chi connectivity index (χ4n) is 10.8. The highest BCUT2D eigenvalue weighted by Crippen LogP contribution is 2.38. The maximum absolute atomic E-state index is 14.5. The van der Waals surface area contributed by atoms with Gasteiger partial charge in [0.15, 0.2) is 11.6 Å². The Balaban J connectivity index is 1.71. The quantitative estimate of drug-likeness (QED) is 0.145. The van der Waals surface area contributed by atoms with E-state index < -0.39 is 138 Å². The van der Waals surface area contributed by atoms with Gasteiger partial charge in [0.05, 0.1) is 43.2 Å². The first-order valence-electron chi connectivity index (χ1n) is 26.5. The highest BCUT2D eigenvalue weighted by atomic mass is 16.6. The number of fused-ring (bicyclic) bond motifs is 3. The minimum absolute atomic E-state index is 0.0121. The second-order valence-corrected chi connectivity index (χ2v) is 22.2. The topological polar surface area (TPSA) is 262 Å². The highest BCUT2D eigenvalue weighted by molar-refractivity contribution is 6.39. The van der Waals surface area contributed by atoms with Gasteiger partial charge >= 0.3 is 11.9 Å². The van der Waals surface area contributed by atoms with Gasteiger partial charge < -0.3 is 58.9 Å². The molecule has 1 aliphatic carbocycles. The van der Waals surface area contributed by atoms with E-state index in [0.717, 1.165) is 10.5 Å². The van der Waals surface area contributed by atoms with Crippen molar-refractivity contribution in [3.63, 3.8) is 0 Å². The molecule has 1 amide bonds. The Morgan fingerprint density at radius 3 is 2.22 bits per heavy atom. The summed E-state index contributed by atoms with van der Waals surface area (Å²) >= 11 is 0. The average molecular weight is 1050 g/mol. The Morgan fingerprint density at radius 1 is 0.892 bits per heavy atom. The van der Waals surface area contributed by atoms with Crippen LogP contribution in [0.3, 0.4) is 0 Å². The van der Waals surface area contributed by atoms with Gasteiger partial charge in [-0.2, -0.15) is 0 Å². The predicted octanol–water partition coefficient (Wildman–Crippen LogP) is 4.84. The number of esters is 2. The molecule has 18 heteroatoms. The van der Waals surface area contributed by atoms with E-state index in [-0.39, 0.29) is 43.7 Å². The van der Waals surface area contributed by atoms with Gasteiger partial charge in [-0.25, -0.2) is 4.79 Å². The molecule has 0 aromatic rings. The molecule has 3 aliphatic heterocycles. The Kier molecular flexibility index (Phi) is 23.6. The molecular formula is C56H87NO17. The van der Waals surface area contributed by atoms with Gasteiger partial charge in [0.25, 0.3) is 11.7 Å². The third-order valence-corrected chi connectivity index (χ3v) is 15.9. The number of allylic oxidation sites excluding steroid dienone is 5. The lowest BCUT2D eigenvalue weighted by Crippen LogP contribution is -2.61. The first-order chi connectivity index (χ1) is 34.8. The zero-order chi connectivity index (χ0) is 55.3. The number of Topliss-reactive ketones (excluding diaryl/α,β-unsaturated/α-hetero) is 3. The molecule has 3 heterocycles. The van der Waals surface area contributed by atoms with Crippen LogP contribution in [-0.2, 0) is 57.2 Å². The van der Waals surface area contributed by atoms with Gasteiger partial charge in [0.2, 0.25) is 5.79 Å². The number of carbonyl (C=O) groups is 6. The van der Waals surface area contributed by atoms with Crippen LogP contribution in [-0.4, -0.2) is 167 Å². The number of amides is 1. The number of rotatable bonds is 10. The van der Waals surface area contributed by atoms with Crippen molar-refractivity contribution >= 4 is 35.2 Å². The summed E-state index contributed by atoms with van der Waals surface area (Å²) < 4.78 is 35.3. The van der Waals surface area contributed by atoms with E-state index >= 15 is 0 Å². The standard InChI is InChI=1S/C56H87NO17/c1-33-17-13-12-15-23-55(8,67)30-37(5)48(62)49(71-11)47(61)36(4)25-34(2)42(60)29-45(35(3)26-39-20-22-43(46(27-39)70-10)73-53(66)54(7,31-58)32-59)72-52(65)41-18-14-16-24-57(41)51(64)50(63)56(68)38(6)19-21-40(74-56)28-44(33)69-9/h12-13,15,17,23,25,35-41,43-47,49,58-59,61,67-68H,14,16,18-22,24,26-32H2,1-11H3/t35-,36?,37-,38-,39?,40?,41+,43-,44+,45+,46-,47-,49-,55+,56-/m1/s1. The fourth-order valence-corrected chi connectivity index (χ4v) is 10.8. The van der Waals surface area contributed by atoms with Crippen molar-refractivity contribution < 1.29 is 82.7 Å². The molecule has 1 saturated carbocycles. The average Bonchev–Trinajstić information content (AvgIpc) is 3.37.